The molecular formula is C13H26N4O. The standard InChI is InChI=1S/C13H26N4O/c14-17-13(16-12-4-1-2-5-12)15-8-3-9-18-10-11-6-7-11/h11-12H,1-10,14H2,(H2,15,16,17). The van der Waals surface area contributed by atoms with Crippen LogP contribution in [0.25, 0.3) is 0 Å². The number of aliphatic imine (C=N–C) groups is 1. The molecule has 0 spiro atoms. The van der Waals surface area contributed by atoms with Gasteiger partial charge in [0.05, 0.1) is 0 Å². The van der Waals surface area contributed by atoms with Crippen LogP contribution in [0.3, 0.4) is 0 Å². The average molecular weight is 254 g/mol. The Balaban J connectivity index is 1.53. The van der Waals surface area contributed by atoms with Gasteiger partial charge in [0.1, 0.15) is 0 Å². The number of rotatable bonds is 7. The Morgan fingerprint density at radius 1 is 1.22 bits per heavy atom. The summed E-state index contributed by atoms with van der Waals surface area (Å²) in [5, 5.41) is 3.36. The highest BCUT2D eigenvalue weighted by Crippen LogP contribution is 2.28. The van der Waals surface area contributed by atoms with Gasteiger partial charge in [0.15, 0.2) is 0 Å². The fourth-order valence-corrected chi connectivity index (χ4v) is 2.29. The molecule has 0 aliphatic heterocycles. The number of nitrogens with one attached hydrogen (secondary N) is 2. The Kier molecular flexibility index (Phi) is 5.74. The van der Waals surface area contributed by atoms with E-state index in [4.69, 9.17) is 10.6 Å². The molecule has 0 bridgehead atoms. The maximum absolute atomic E-state index is 5.57. The van der Waals surface area contributed by atoms with Crippen LogP contribution in [0.5, 0.6) is 0 Å². The lowest BCUT2D eigenvalue weighted by Crippen LogP contribution is -2.45. The predicted octanol–water partition coefficient (Wildman–Crippen LogP) is 1.15. The molecule has 0 saturated heterocycles. The summed E-state index contributed by atoms with van der Waals surface area (Å²) in [7, 11) is 0. The van der Waals surface area contributed by atoms with E-state index in [9.17, 15) is 0 Å². The van der Waals surface area contributed by atoms with Crippen LogP contribution in [-0.2, 0) is 4.74 Å². The minimum atomic E-state index is 0.547. The summed E-state index contributed by atoms with van der Waals surface area (Å²) in [6, 6.07) is 0.547. The van der Waals surface area contributed by atoms with E-state index in [1.165, 1.54) is 38.5 Å². The lowest BCUT2D eigenvalue weighted by molar-refractivity contribution is 0.123. The second-order valence-electron chi connectivity index (χ2n) is 5.37. The summed E-state index contributed by atoms with van der Waals surface area (Å²) in [6.45, 7) is 2.51. The van der Waals surface area contributed by atoms with Gasteiger partial charge >= 0.3 is 0 Å². The third-order valence-corrected chi connectivity index (χ3v) is 3.60. The van der Waals surface area contributed by atoms with Crippen molar-refractivity contribution in [3.05, 3.63) is 0 Å². The maximum atomic E-state index is 5.57. The normalized spacial score (nSPS) is 21.3. The van der Waals surface area contributed by atoms with E-state index in [1.807, 2.05) is 0 Å². The number of hydrogen-bond acceptors (Lipinski definition) is 3. The van der Waals surface area contributed by atoms with Gasteiger partial charge in [-0.1, -0.05) is 12.8 Å². The first-order valence-electron chi connectivity index (χ1n) is 7.24. The summed E-state index contributed by atoms with van der Waals surface area (Å²) in [5.41, 5.74) is 2.65. The van der Waals surface area contributed by atoms with E-state index in [2.05, 4.69) is 15.7 Å². The molecule has 0 atom stereocenters. The Bertz CT molecular complexity index is 260. The van der Waals surface area contributed by atoms with Gasteiger partial charge in [-0.25, -0.2) is 5.84 Å². The van der Waals surface area contributed by atoms with E-state index in [1.54, 1.807) is 0 Å². The van der Waals surface area contributed by atoms with Gasteiger partial charge in [-0.2, -0.15) is 0 Å². The number of guanidine groups is 1. The molecule has 5 heteroatoms. The molecular weight excluding hydrogens is 228 g/mol. The molecule has 0 amide bonds. The first-order valence-corrected chi connectivity index (χ1v) is 7.24. The van der Waals surface area contributed by atoms with Crippen molar-refractivity contribution in [1.82, 2.24) is 10.7 Å². The topological polar surface area (TPSA) is 71.7 Å². The van der Waals surface area contributed by atoms with Crippen LogP contribution in [0.4, 0.5) is 0 Å². The highest BCUT2D eigenvalue weighted by molar-refractivity contribution is 5.79. The van der Waals surface area contributed by atoms with E-state index < -0.39 is 0 Å². The number of nitrogens with two attached hydrogens (primary N) is 1. The minimum absolute atomic E-state index is 0.547. The van der Waals surface area contributed by atoms with Crippen LogP contribution in [-0.4, -0.2) is 31.8 Å². The van der Waals surface area contributed by atoms with Crippen LogP contribution in [0, 0.1) is 5.92 Å². The average Bonchev–Trinajstić information content (AvgIpc) is 3.07. The monoisotopic (exact) mass is 254 g/mol. The quantitative estimate of drug-likeness (QED) is 0.209. The largest absolute Gasteiger partial charge is 0.381 e. The molecule has 4 N–H and O–H groups in total. The Morgan fingerprint density at radius 3 is 2.67 bits per heavy atom. The number of hydrazine groups is 1. The molecule has 2 saturated carbocycles. The molecule has 0 aromatic carbocycles. The summed E-state index contributed by atoms with van der Waals surface area (Å²) in [6.07, 6.45) is 8.74. The lowest BCUT2D eigenvalue weighted by Gasteiger charge is -2.14. The SMILES string of the molecule is NNC(=NCCCOCC1CC1)NC1CCCC1. The maximum Gasteiger partial charge on any atom is 0.205 e. The molecule has 0 radical (unpaired) electrons. The van der Waals surface area contributed by atoms with Gasteiger partial charge in [0.2, 0.25) is 5.96 Å². The predicted molar refractivity (Wildman–Crippen MR) is 73.2 cm³/mol. The summed E-state index contributed by atoms with van der Waals surface area (Å²) in [5.74, 6) is 7.04. The van der Waals surface area contributed by atoms with Crippen molar-refractivity contribution in [1.29, 1.82) is 0 Å². The zero-order valence-corrected chi connectivity index (χ0v) is 11.2. The van der Waals surface area contributed by atoms with Crippen molar-refractivity contribution < 1.29 is 4.74 Å². The third kappa shape index (κ3) is 5.23. The summed E-state index contributed by atoms with van der Waals surface area (Å²) >= 11 is 0. The molecule has 2 aliphatic carbocycles. The zero-order valence-electron chi connectivity index (χ0n) is 11.2. The Labute approximate surface area is 110 Å². The summed E-state index contributed by atoms with van der Waals surface area (Å²) < 4.78 is 5.57. The highest BCUT2D eigenvalue weighted by atomic mass is 16.5. The lowest BCUT2D eigenvalue weighted by atomic mass is 10.2. The molecule has 5 nitrogen and oxygen atoms in total. The molecule has 0 unspecified atom stereocenters. The Hall–Kier alpha value is -0.810. The number of hydrogen-bond donors (Lipinski definition) is 3. The van der Waals surface area contributed by atoms with Crippen molar-refractivity contribution in [2.45, 2.75) is 51.0 Å². The molecule has 0 heterocycles. The molecule has 2 aliphatic rings. The van der Waals surface area contributed by atoms with E-state index in [0.29, 0.717) is 6.04 Å². The zero-order chi connectivity index (χ0) is 12.6. The smallest absolute Gasteiger partial charge is 0.205 e. The fraction of sp³-hybridized carbons (Fsp3) is 0.923. The minimum Gasteiger partial charge on any atom is -0.381 e. The van der Waals surface area contributed by atoms with Crippen molar-refractivity contribution in [3.63, 3.8) is 0 Å². The molecule has 0 aromatic heterocycles. The molecule has 0 aromatic rings. The first kappa shape index (κ1) is 13.6. The van der Waals surface area contributed by atoms with Crippen LogP contribution >= 0.6 is 0 Å². The van der Waals surface area contributed by atoms with Crippen LogP contribution in [0.1, 0.15) is 44.9 Å². The van der Waals surface area contributed by atoms with E-state index in [0.717, 1.165) is 38.1 Å². The van der Waals surface area contributed by atoms with Crippen molar-refractivity contribution >= 4 is 5.96 Å². The van der Waals surface area contributed by atoms with Crippen LogP contribution < -0.4 is 16.6 Å². The molecule has 2 fully saturated rings. The second kappa shape index (κ2) is 7.59. The van der Waals surface area contributed by atoms with Gasteiger partial charge < -0.3 is 10.1 Å². The number of ether oxygens (including phenoxy) is 1. The van der Waals surface area contributed by atoms with Crippen molar-refractivity contribution in [3.8, 4) is 0 Å². The molecule has 18 heavy (non-hydrogen) atoms. The van der Waals surface area contributed by atoms with E-state index in [-0.39, 0.29) is 0 Å². The van der Waals surface area contributed by atoms with Crippen LogP contribution in [0.15, 0.2) is 4.99 Å². The second-order valence-corrected chi connectivity index (χ2v) is 5.37. The van der Waals surface area contributed by atoms with Gasteiger partial charge in [-0.05, 0) is 38.0 Å². The summed E-state index contributed by atoms with van der Waals surface area (Å²) in [4.78, 5) is 4.43. The van der Waals surface area contributed by atoms with Gasteiger partial charge in [-0.15, -0.1) is 0 Å². The molecule has 2 rings (SSSR count). The van der Waals surface area contributed by atoms with Crippen molar-refractivity contribution in [2.75, 3.05) is 19.8 Å². The first-order chi connectivity index (χ1) is 8.88. The highest BCUT2D eigenvalue weighted by Gasteiger charge is 2.20. The van der Waals surface area contributed by atoms with Crippen molar-refractivity contribution in [2.24, 2.45) is 16.8 Å². The Morgan fingerprint density at radius 2 is 2.00 bits per heavy atom. The van der Waals surface area contributed by atoms with Gasteiger partial charge in [0.25, 0.3) is 0 Å². The van der Waals surface area contributed by atoms with E-state index >= 15 is 0 Å². The number of nitrogens with zero attached hydrogens (tertiary/aromatic N) is 1. The molecule has 104 valence electrons. The van der Waals surface area contributed by atoms with Gasteiger partial charge in [0, 0.05) is 25.8 Å². The third-order valence-electron chi connectivity index (χ3n) is 3.60. The fourth-order valence-electron chi connectivity index (χ4n) is 2.29. The van der Waals surface area contributed by atoms with Crippen LogP contribution in [0.2, 0.25) is 0 Å². The van der Waals surface area contributed by atoms with Gasteiger partial charge in [-0.3, -0.25) is 10.4 Å².